The van der Waals surface area contributed by atoms with Crippen LogP contribution in [0, 0.1) is 0 Å². The van der Waals surface area contributed by atoms with Crippen molar-refractivity contribution >= 4 is 11.7 Å². The minimum Gasteiger partial charge on any atom is -0.484 e. The molecule has 9 nitrogen and oxygen atoms in total. The lowest BCUT2D eigenvalue weighted by atomic mass is 9.85. The summed E-state index contributed by atoms with van der Waals surface area (Å²) in [6.45, 7) is 2.17. The molecule has 3 N–H and O–H groups in total. The van der Waals surface area contributed by atoms with Gasteiger partial charge < -0.3 is 20.5 Å². The summed E-state index contributed by atoms with van der Waals surface area (Å²) in [6.07, 6.45) is 3.37. The number of ether oxygens (including phenoxy) is 2. The van der Waals surface area contributed by atoms with Gasteiger partial charge in [-0.15, -0.1) is 10.2 Å². The van der Waals surface area contributed by atoms with Crippen molar-refractivity contribution in [3.05, 3.63) is 59.5 Å². The first kappa shape index (κ1) is 19.8. The first-order valence-electron chi connectivity index (χ1n) is 10.5. The van der Waals surface area contributed by atoms with Gasteiger partial charge in [0, 0.05) is 6.54 Å². The average molecular weight is 422 g/mol. The topological polar surface area (TPSA) is 107 Å². The van der Waals surface area contributed by atoms with Crippen molar-refractivity contribution in [2.75, 3.05) is 26.8 Å². The number of carbonyl (C=O) groups is 1. The fourth-order valence-electron chi connectivity index (χ4n) is 4.50. The molecular weight excluding hydrogens is 396 g/mol. The van der Waals surface area contributed by atoms with Crippen LogP contribution >= 0.6 is 0 Å². The molecule has 0 radical (unpaired) electrons. The maximum atomic E-state index is 11.4. The Hall–Kier alpha value is -3.17. The van der Waals surface area contributed by atoms with Crippen LogP contribution in [0.1, 0.15) is 48.0 Å². The van der Waals surface area contributed by atoms with E-state index in [1.165, 1.54) is 0 Å². The molecule has 2 aromatic heterocycles. The van der Waals surface area contributed by atoms with Crippen LogP contribution in [0.4, 0.5) is 4.79 Å². The maximum Gasteiger partial charge on any atom is 0.312 e. The number of carbonyl (C=O) groups excluding carboxylic acids is 1. The van der Waals surface area contributed by atoms with Crippen LogP contribution in [0.2, 0.25) is 0 Å². The van der Waals surface area contributed by atoms with Crippen molar-refractivity contribution in [1.82, 2.24) is 24.8 Å². The molecule has 0 unspecified atom stereocenters. The minimum atomic E-state index is -0.513. The zero-order chi connectivity index (χ0) is 21.4. The standard InChI is InChI=1S/C22H26N6O3/c1-27-10-11-30-13-18(27)21-26-25-20-9-6-14(12-28(20)21)31-19-8-7-17(24-22(23)29)15-4-2-3-5-16(15)19/h2-6,9,12,17-19H,7-8,10-11,13H2,1H3,(H3,23,24,29)/t17-,18-,19+/m0/s1. The van der Waals surface area contributed by atoms with Crippen LogP contribution in [0.15, 0.2) is 42.6 Å². The second-order valence-electron chi connectivity index (χ2n) is 8.10. The van der Waals surface area contributed by atoms with Gasteiger partial charge >= 0.3 is 6.03 Å². The highest BCUT2D eigenvalue weighted by molar-refractivity contribution is 5.72. The smallest absolute Gasteiger partial charge is 0.312 e. The molecule has 2 aliphatic rings. The largest absolute Gasteiger partial charge is 0.484 e. The van der Waals surface area contributed by atoms with E-state index >= 15 is 0 Å². The number of primary amides is 1. The van der Waals surface area contributed by atoms with Crippen LogP contribution in [-0.4, -0.2) is 52.3 Å². The Morgan fingerprint density at radius 1 is 1.19 bits per heavy atom. The fourth-order valence-corrected chi connectivity index (χ4v) is 4.50. The molecule has 0 spiro atoms. The monoisotopic (exact) mass is 422 g/mol. The predicted molar refractivity (Wildman–Crippen MR) is 114 cm³/mol. The third-order valence-corrected chi connectivity index (χ3v) is 6.13. The van der Waals surface area contributed by atoms with Crippen LogP contribution < -0.4 is 15.8 Å². The Labute approximate surface area is 180 Å². The van der Waals surface area contributed by atoms with Crippen molar-refractivity contribution in [2.24, 2.45) is 5.73 Å². The molecular formula is C22H26N6O3. The van der Waals surface area contributed by atoms with E-state index in [0.717, 1.165) is 54.3 Å². The van der Waals surface area contributed by atoms with Gasteiger partial charge in [-0.05, 0) is 43.1 Å². The van der Waals surface area contributed by atoms with Gasteiger partial charge in [0.15, 0.2) is 11.5 Å². The minimum absolute atomic E-state index is 0.0510. The normalized spacial score (nSPS) is 24.0. The molecule has 1 aliphatic carbocycles. The number of amides is 2. The van der Waals surface area contributed by atoms with Gasteiger partial charge in [-0.2, -0.15) is 0 Å². The highest BCUT2D eigenvalue weighted by Crippen LogP contribution is 2.38. The molecule has 1 aromatic carbocycles. The van der Waals surface area contributed by atoms with E-state index in [2.05, 4.69) is 27.5 Å². The van der Waals surface area contributed by atoms with E-state index in [9.17, 15) is 4.79 Å². The fraction of sp³-hybridized carbons (Fsp3) is 0.409. The highest BCUT2D eigenvalue weighted by atomic mass is 16.5. The number of benzene rings is 1. The summed E-state index contributed by atoms with van der Waals surface area (Å²) in [5.41, 5.74) is 8.25. The van der Waals surface area contributed by atoms with E-state index in [1.807, 2.05) is 47.0 Å². The van der Waals surface area contributed by atoms with Gasteiger partial charge in [0.1, 0.15) is 11.9 Å². The number of nitrogens with one attached hydrogen (secondary N) is 1. The summed E-state index contributed by atoms with van der Waals surface area (Å²) in [5, 5.41) is 11.6. The number of fused-ring (bicyclic) bond motifs is 2. The van der Waals surface area contributed by atoms with Gasteiger partial charge in [0.25, 0.3) is 0 Å². The SMILES string of the molecule is CN1CCOC[C@H]1c1nnc2ccc(O[C@@H]3CC[C@H](NC(N)=O)c4ccccc43)cn12. The van der Waals surface area contributed by atoms with Crippen LogP contribution in [0.5, 0.6) is 5.75 Å². The Morgan fingerprint density at radius 2 is 2.03 bits per heavy atom. The number of likely N-dealkylation sites (N-methyl/N-ethyl adjacent to an activating group) is 1. The Balaban J connectivity index is 1.43. The number of nitrogens with two attached hydrogens (primary N) is 1. The van der Waals surface area contributed by atoms with Gasteiger partial charge in [0.05, 0.1) is 31.5 Å². The number of hydrogen-bond acceptors (Lipinski definition) is 6. The molecule has 31 heavy (non-hydrogen) atoms. The number of morpholine rings is 1. The molecule has 1 aliphatic heterocycles. The van der Waals surface area contributed by atoms with Crippen molar-refractivity contribution in [3.63, 3.8) is 0 Å². The second-order valence-corrected chi connectivity index (χ2v) is 8.10. The van der Waals surface area contributed by atoms with Gasteiger partial charge in [-0.25, -0.2) is 4.79 Å². The summed E-state index contributed by atoms with van der Waals surface area (Å²) in [6, 6.07) is 11.3. The van der Waals surface area contributed by atoms with E-state index in [-0.39, 0.29) is 18.2 Å². The zero-order valence-electron chi connectivity index (χ0n) is 17.4. The highest BCUT2D eigenvalue weighted by Gasteiger charge is 2.30. The lowest BCUT2D eigenvalue weighted by Crippen LogP contribution is -2.37. The summed E-state index contributed by atoms with van der Waals surface area (Å²) in [7, 11) is 2.07. The van der Waals surface area contributed by atoms with Crippen LogP contribution in [0.3, 0.4) is 0 Å². The predicted octanol–water partition coefficient (Wildman–Crippen LogP) is 2.36. The van der Waals surface area contributed by atoms with Crippen molar-refractivity contribution in [3.8, 4) is 5.75 Å². The lowest BCUT2D eigenvalue weighted by Gasteiger charge is -2.32. The van der Waals surface area contributed by atoms with Crippen LogP contribution in [-0.2, 0) is 4.74 Å². The summed E-state index contributed by atoms with van der Waals surface area (Å²) < 4.78 is 14.1. The number of hydrogen-bond donors (Lipinski definition) is 2. The molecule has 9 heteroatoms. The Morgan fingerprint density at radius 3 is 2.84 bits per heavy atom. The van der Waals surface area contributed by atoms with Crippen molar-refractivity contribution in [2.45, 2.75) is 31.0 Å². The Bertz CT molecular complexity index is 1100. The molecule has 3 heterocycles. The number of rotatable bonds is 4. The second kappa shape index (κ2) is 8.16. The third kappa shape index (κ3) is 3.82. The van der Waals surface area contributed by atoms with Gasteiger partial charge in [-0.1, -0.05) is 24.3 Å². The lowest BCUT2D eigenvalue weighted by molar-refractivity contribution is 0.00144. The molecule has 0 saturated carbocycles. The van der Waals surface area contributed by atoms with E-state index in [0.29, 0.717) is 6.61 Å². The summed E-state index contributed by atoms with van der Waals surface area (Å²) in [4.78, 5) is 13.6. The molecule has 1 saturated heterocycles. The van der Waals surface area contributed by atoms with Crippen LogP contribution in [0.25, 0.3) is 5.65 Å². The van der Waals surface area contributed by atoms with Gasteiger partial charge in [0.2, 0.25) is 0 Å². The number of urea groups is 1. The zero-order valence-corrected chi connectivity index (χ0v) is 17.4. The molecule has 5 rings (SSSR count). The number of nitrogens with zero attached hydrogens (tertiary/aromatic N) is 4. The van der Waals surface area contributed by atoms with Crippen molar-refractivity contribution in [1.29, 1.82) is 0 Å². The van der Waals surface area contributed by atoms with E-state index < -0.39 is 6.03 Å². The summed E-state index contributed by atoms with van der Waals surface area (Å²) in [5.74, 6) is 1.59. The number of pyridine rings is 1. The molecule has 0 bridgehead atoms. The third-order valence-electron chi connectivity index (χ3n) is 6.13. The van der Waals surface area contributed by atoms with E-state index in [4.69, 9.17) is 15.2 Å². The maximum absolute atomic E-state index is 11.4. The van der Waals surface area contributed by atoms with Gasteiger partial charge in [-0.3, -0.25) is 9.30 Å². The quantitative estimate of drug-likeness (QED) is 0.668. The molecule has 162 valence electrons. The molecule has 2 amide bonds. The van der Waals surface area contributed by atoms with Crippen molar-refractivity contribution < 1.29 is 14.3 Å². The molecule has 3 atom stereocenters. The first-order chi connectivity index (χ1) is 15.1. The first-order valence-corrected chi connectivity index (χ1v) is 10.5. The van der Waals surface area contributed by atoms with E-state index in [1.54, 1.807) is 0 Å². The molecule has 1 fully saturated rings. The number of aromatic nitrogens is 3. The molecule has 3 aromatic rings. The average Bonchev–Trinajstić information content (AvgIpc) is 3.18. The Kier molecular flexibility index (Phi) is 5.21. The summed E-state index contributed by atoms with van der Waals surface area (Å²) >= 11 is 0.